The fourth-order valence-electron chi connectivity index (χ4n) is 1.98. The van der Waals surface area contributed by atoms with Crippen molar-refractivity contribution in [3.8, 4) is 0 Å². The minimum Gasteiger partial charge on any atom is -0.338 e. The second-order valence-electron chi connectivity index (χ2n) is 4.84. The largest absolute Gasteiger partial charge is 0.340 e. The Morgan fingerprint density at radius 3 is 2.18 bits per heavy atom. The number of benzene rings is 1. The van der Waals surface area contributed by atoms with Crippen molar-refractivity contribution in [1.29, 1.82) is 0 Å². The first-order valence-electron chi connectivity index (χ1n) is 7.22. The quantitative estimate of drug-likeness (QED) is 0.664. The highest BCUT2D eigenvalue weighted by molar-refractivity contribution is 7.54. The molecule has 0 aliphatic carbocycles. The van der Waals surface area contributed by atoms with Gasteiger partial charge in [-0.3, -0.25) is 9.36 Å². The van der Waals surface area contributed by atoms with Crippen molar-refractivity contribution in [3.63, 3.8) is 0 Å². The van der Waals surface area contributed by atoms with Crippen molar-refractivity contribution in [2.24, 2.45) is 0 Å². The summed E-state index contributed by atoms with van der Waals surface area (Å²) < 4.78 is 22.7. The molecular weight excluding hydrogens is 325 g/mol. The number of carbonyl (C=O) groups excluding carboxylic acids is 1. The van der Waals surface area contributed by atoms with E-state index < -0.39 is 7.60 Å². The predicted octanol–water partition coefficient (Wildman–Crippen LogP) is 4.13. The standard InChI is InChI=1S/C15H23ClNO4P/c1-5-20-22(19,21-6-2)11-15(18)17(4)12(3)13-7-9-14(16)10-8-13/h7-10,12H,5-6,11H2,1-4H3. The third-order valence-corrected chi connectivity index (χ3v) is 5.52. The first kappa shape index (κ1) is 19.2. The molecule has 0 saturated heterocycles. The van der Waals surface area contributed by atoms with Crippen LogP contribution in [0.4, 0.5) is 0 Å². The highest BCUT2D eigenvalue weighted by atomic mass is 35.5. The van der Waals surface area contributed by atoms with Crippen molar-refractivity contribution in [1.82, 2.24) is 4.90 Å². The number of amides is 1. The zero-order chi connectivity index (χ0) is 16.8. The van der Waals surface area contributed by atoms with Gasteiger partial charge in [0, 0.05) is 12.1 Å². The molecule has 22 heavy (non-hydrogen) atoms. The molecule has 1 amide bonds. The molecule has 1 unspecified atom stereocenters. The summed E-state index contributed by atoms with van der Waals surface area (Å²) in [6.45, 7) is 5.81. The summed E-state index contributed by atoms with van der Waals surface area (Å²) in [7, 11) is -1.71. The van der Waals surface area contributed by atoms with Gasteiger partial charge in [0.1, 0.15) is 6.16 Å². The van der Waals surface area contributed by atoms with Gasteiger partial charge in [-0.25, -0.2) is 0 Å². The van der Waals surface area contributed by atoms with E-state index in [1.807, 2.05) is 19.1 Å². The lowest BCUT2D eigenvalue weighted by Crippen LogP contribution is -2.32. The fraction of sp³-hybridized carbons (Fsp3) is 0.533. The van der Waals surface area contributed by atoms with Crippen LogP contribution in [0.1, 0.15) is 32.4 Å². The smallest absolute Gasteiger partial charge is 0.338 e. The third-order valence-electron chi connectivity index (χ3n) is 3.31. The van der Waals surface area contributed by atoms with Gasteiger partial charge in [0.25, 0.3) is 0 Å². The Labute approximate surface area is 137 Å². The lowest BCUT2D eigenvalue weighted by Gasteiger charge is -2.27. The van der Waals surface area contributed by atoms with Gasteiger partial charge in [0.2, 0.25) is 5.91 Å². The molecule has 0 bridgehead atoms. The van der Waals surface area contributed by atoms with Crippen LogP contribution in [0.15, 0.2) is 24.3 Å². The normalized spacial score (nSPS) is 13.0. The number of hydrogen-bond acceptors (Lipinski definition) is 4. The maximum Gasteiger partial charge on any atom is 0.340 e. The van der Waals surface area contributed by atoms with Crippen LogP contribution in [0, 0.1) is 0 Å². The van der Waals surface area contributed by atoms with Crippen LogP contribution in [0.25, 0.3) is 0 Å². The third kappa shape index (κ3) is 5.40. The molecule has 1 aromatic rings. The van der Waals surface area contributed by atoms with Crippen LogP contribution >= 0.6 is 19.2 Å². The molecule has 5 nitrogen and oxygen atoms in total. The van der Waals surface area contributed by atoms with Crippen LogP contribution < -0.4 is 0 Å². The van der Waals surface area contributed by atoms with E-state index >= 15 is 0 Å². The molecule has 0 radical (unpaired) electrons. The number of nitrogens with zero attached hydrogens (tertiary/aromatic N) is 1. The topological polar surface area (TPSA) is 55.8 Å². The maximum atomic E-state index is 12.4. The highest BCUT2D eigenvalue weighted by Gasteiger charge is 2.30. The van der Waals surface area contributed by atoms with E-state index in [-0.39, 0.29) is 31.3 Å². The average molecular weight is 348 g/mol. The maximum absolute atomic E-state index is 12.4. The molecule has 0 N–H and O–H groups in total. The lowest BCUT2D eigenvalue weighted by molar-refractivity contribution is -0.129. The number of hydrogen-bond donors (Lipinski definition) is 0. The number of rotatable bonds is 8. The first-order chi connectivity index (χ1) is 10.3. The summed E-state index contributed by atoms with van der Waals surface area (Å²) in [5.74, 6) is -0.285. The van der Waals surface area contributed by atoms with E-state index in [9.17, 15) is 9.36 Å². The van der Waals surface area contributed by atoms with E-state index in [2.05, 4.69) is 0 Å². The molecule has 0 heterocycles. The summed E-state index contributed by atoms with van der Waals surface area (Å²) in [5, 5.41) is 0.641. The Balaban J connectivity index is 2.78. The molecule has 7 heteroatoms. The Morgan fingerprint density at radius 2 is 1.73 bits per heavy atom. The molecule has 0 aliphatic rings. The van der Waals surface area contributed by atoms with Gasteiger partial charge in [-0.15, -0.1) is 0 Å². The Bertz CT molecular complexity index is 525. The van der Waals surface area contributed by atoms with E-state index in [1.54, 1.807) is 33.0 Å². The van der Waals surface area contributed by atoms with E-state index in [4.69, 9.17) is 20.6 Å². The Morgan fingerprint density at radius 1 is 1.23 bits per heavy atom. The molecule has 0 spiro atoms. The minimum absolute atomic E-state index is 0.165. The van der Waals surface area contributed by atoms with E-state index in [1.165, 1.54) is 4.90 Å². The van der Waals surface area contributed by atoms with Gasteiger partial charge >= 0.3 is 7.60 Å². The van der Waals surface area contributed by atoms with Gasteiger partial charge in [-0.1, -0.05) is 23.7 Å². The molecule has 1 rings (SSSR count). The minimum atomic E-state index is -3.38. The molecule has 0 aromatic heterocycles. The van der Waals surface area contributed by atoms with Crippen LogP contribution in [-0.4, -0.2) is 37.2 Å². The SMILES string of the molecule is CCOP(=O)(CC(=O)N(C)C(C)c1ccc(Cl)cc1)OCC. The second-order valence-corrected chi connectivity index (χ2v) is 7.33. The van der Waals surface area contributed by atoms with Crippen molar-refractivity contribution in [2.45, 2.75) is 26.8 Å². The molecule has 1 aromatic carbocycles. The Kier molecular flexibility index (Phi) is 7.57. The Hall–Kier alpha value is -0.870. The van der Waals surface area contributed by atoms with Crippen molar-refractivity contribution < 1.29 is 18.4 Å². The van der Waals surface area contributed by atoms with Gasteiger partial charge in [-0.2, -0.15) is 0 Å². The van der Waals surface area contributed by atoms with Crippen molar-refractivity contribution in [3.05, 3.63) is 34.9 Å². The van der Waals surface area contributed by atoms with Crippen molar-refractivity contribution >= 4 is 25.1 Å². The van der Waals surface area contributed by atoms with Gasteiger partial charge < -0.3 is 13.9 Å². The first-order valence-corrected chi connectivity index (χ1v) is 9.32. The van der Waals surface area contributed by atoms with Crippen LogP contribution in [0.5, 0.6) is 0 Å². The molecular formula is C15H23ClNO4P. The van der Waals surface area contributed by atoms with Crippen LogP contribution in [0.3, 0.4) is 0 Å². The van der Waals surface area contributed by atoms with Gasteiger partial charge in [0.05, 0.1) is 19.3 Å². The highest BCUT2D eigenvalue weighted by Crippen LogP contribution is 2.48. The van der Waals surface area contributed by atoms with E-state index in [0.717, 1.165) is 5.56 Å². The number of carbonyl (C=O) groups is 1. The predicted molar refractivity (Wildman–Crippen MR) is 88.4 cm³/mol. The summed E-state index contributed by atoms with van der Waals surface area (Å²) in [6, 6.07) is 7.11. The average Bonchev–Trinajstić information content (AvgIpc) is 2.46. The van der Waals surface area contributed by atoms with Crippen molar-refractivity contribution in [2.75, 3.05) is 26.4 Å². The van der Waals surface area contributed by atoms with Gasteiger partial charge in [0.15, 0.2) is 0 Å². The fourth-order valence-corrected chi connectivity index (χ4v) is 3.70. The molecule has 1 atom stereocenters. The summed E-state index contributed by atoms with van der Waals surface area (Å²) in [4.78, 5) is 13.9. The number of halogens is 1. The van der Waals surface area contributed by atoms with Crippen LogP contribution in [-0.2, 0) is 18.4 Å². The second kappa shape index (κ2) is 8.68. The van der Waals surface area contributed by atoms with Gasteiger partial charge in [-0.05, 0) is 38.5 Å². The zero-order valence-corrected chi connectivity index (χ0v) is 15.1. The zero-order valence-electron chi connectivity index (χ0n) is 13.4. The summed E-state index contributed by atoms with van der Waals surface area (Å²) >= 11 is 5.86. The van der Waals surface area contributed by atoms with Crippen LogP contribution in [0.2, 0.25) is 5.02 Å². The molecule has 0 saturated carbocycles. The molecule has 0 aliphatic heterocycles. The molecule has 124 valence electrons. The lowest BCUT2D eigenvalue weighted by atomic mass is 10.1. The summed E-state index contributed by atoms with van der Waals surface area (Å²) in [5.41, 5.74) is 0.947. The summed E-state index contributed by atoms with van der Waals surface area (Å²) in [6.07, 6.45) is -0.261. The monoisotopic (exact) mass is 347 g/mol. The van der Waals surface area contributed by atoms with E-state index in [0.29, 0.717) is 5.02 Å². The molecule has 0 fully saturated rings.